The van der Waals surface area contributed by atoms with Crippen LogP contribution >= 0.6 is 0 Å². The SMILES string of the molecule is CC(N)=Nc1cc(-c2ccccc2)[nH]n1.[I-]. The molecule has 1 aromatic heterocycles. The van der Waals surface area contributed by atoms with Gasteiger partial charge in [0, 0.05) is 6.07 Å². The summed E-state index contributed by atoms with van der Waals surface area (Å²) in [5.74, 6) is 1.11. The average molecular weight is 327 g/mol. The summed E-state index contributed by atoms with van der Waals surface area (Å²) in [6, 6.07) is 11.8. The van der Waals surface area contributed by atoms with Crippen LogP contribution in [-0.2, 0) is 0 Å². The molecule has 2 rings (SSSR count). The zero-order valence-electron chi connectivity index (χ0n) is 8.81. The van der Waals surface area contributed by atoms with E-state index in [1.54, 1.807) is 6.92 Å². The van der Waals surface area contributed by atoms with Crippen LogP contribution in [0.2, 0.25) is 0 Å². The topological polar surface area (TPSA) is 67.1 Å². The molecule has 0 atom stereocenters. The van der Waals surface area contributed by atoms with Crippen molar-refractivity contribution in [3.05, 3.63) is 36.4 Å². The first-order valence-electron chi connectivity index (χ1n) is 4.67. The Kier molecular flexibility index (Phi) is 4.48. The van der Waals surface area contributed by atoms with E-state index in [0.717, 1.165) is 11.3 Å². The molecule has 0 saturated carbocycles. The maximum Gasteiger partial charge on any atom is 0.175 e. The first kappa shape index (κ1) is 12.7. The molecule has 3 N–H and O–H groups in total. The fourth-order valence-corrected chi connectivity index (χ4v) is 1.31. The molecule has 0 saturated heterocycles. The largest absolute Gasteiger partial charge is 1.00 e. The average Bonchev–Trinajstić information content (AvgIpc) is 2.67. The van der Waals surface area contributed by atoms with Gasteiger partial charge >= 0.3 is 0 Å². The van der Waals surface area contributed by atoms with Crippen molar-refractivity contribution in [2.24, 2.45) is 10.7 Å². The third-order valence-electron chi connectivity index (χ3n) is 1.94. The molecule has 4 nitrogen and oxygen atoms in total. The summed E-state index contributed by atoms with van der Waals surface area (Å²) >= 11 is 0. The second kappa shape index (κ2) is 5.64. The maximum absolute atomic E-state index is 5.47. The summed E-state index contributed by atoms with van der Waals surface area (Å²) in [5.41, 5.74) is 7.49. The second-order valence-corrected chi connectivity index (χ2v) is 3.26. The Morgan fingerprint density at radius 2 is 2.00 bits per heavy atom. The van der Waals surface area contributed by atoms with Crippen LogP contribution in [0.25, 0.3) is 11.3 Å². The molecule has 16 heavy (non-hydrogen) atoms. The first-order chi connectivity index (χ1) is 7.25. The van der Waals surface area contributed by atoms with Gasteiger partial charge in [0.1, 0.15) is 0 Å². The van der Waals surface area contributed by atoms with Gasteiger partial charge < -0.3 is 29.7 Å². The molecule has 0 amide bonds. The number of rotatable bonds is 2. The van der Waals surface area contributed by atoms with Crippen molar-refractivity contribution in [3.63, 3.8) is 0 Å². The van der Waals surface area contributed by atoms with Gasteiger partial charge in [0.25, 0.3) is 0 Å². The highest BCUT2D eigenvalue weighted by Crippen LogP contribution is 2.20. The number of aromatic nitrogens is 2. The van der Waals surface area contributed by atoms with Crippen molar-refractivity contribution in [2.45, 2.75) is 6.92 Å². The Morgan fingerprint density at radius 3 is 2.62 bits per heavy atom. The Bertz CT molecular complexity index is 472. The number of aromatic amines is 1. The monoisotopic (exact) mass is 327 g/mol. The number of aliphatic imine (C=N–C) groups is 1. The summed E-state index contributed by atoms with van der Waals surface area (Å²) in [7, 11) is 0. The number of hydrogen-bond acceptors (Lipinski definition) is 2. The fraction of sp³-hybridized carbons (Fsp3) is 0.0909. The summed E-state index contributed by atoms with van der Waals surface area (Å²) in [5, 5.41) is 6.95. The van der Waals surface area contributed by atoms with Crippen LogP contribution in [0.3, 0.4) is 0 Å². The van der Waals surface area contributed by atoms with E-state index < -0.39 is 0 Å². The molecule has 0 radical (unpaired) electrons. The Balaban J connectivity index is 0.00000128. The lowest BCUT2D eigenvalue weighted by Gasteiger charge is -1.93. The number of nitrogens with zero attached hydrogens (tertiary/aromatic N) is 2. The number of nitrogens with two attached hydrogens (primary N) is 1. The maximum atomic E-state index is 5.47. The highest BCUT2D eigenvalue weighted by atomic mass is 127. The number of halogens is 1. The molecular formula is C11H12IN4-. The molecule has 5 heteroatoms. The third-order valence-corrected chi connectivity index (χ3v) is 1.94. The minimum Gasteiger partial charge on any atom is -1.00 e. The van der Waals surface area contributed by atoms with Gasteiger partial charge in [-0.2, -0.15) is 5.10 Å². The number of nitrogens with one attached hydrogen (secondary N) is 1. The summed E-state index contributed by atoms with van der Waals surface area (Å²) in [6.45, 7) is 1.73. The summed E-state index contributed by atoms with van der Waals surface area (Å²) in [4.78, 5) is 4.06. The van der Waals surface area contributed by atoms with Crippen LogP contribution in [-0.4, -0.2) is 16.0 Å². The zero-order valence-corrected chi connectivity index (χ0v) is 11.0. The van der Waals surface area contributed by atoms with Gasteiger partial charge in [0.05, 0.1) is 11.5 Å². The van der Waals surface area contributed by atoms with E-state index in [9.17, 15) is 0 Å². The van der Waals surface area contributed by atoms with Crippen molar-refractivity contribution in [2.75, 3.05) is 0 Å². The van der Waals surface area contributed by atoms with Crippen LogP contribution in [0.15, 0.2) is 41.4 Å². The standard InChI is InChI=1S/C11H12N4.HI/c1-8(12)13-11-7-10(14-15-11)9-5-3-2-4-6-9;/h2-7H,1H3,(H3,12,13,14,15);1H/p-1. The van der Waals surface area contributed by atoms with Crippen molar-refractivity contribution in [3.8, 4) is 11.3 Å². The van der Waals surface area contributed by atoms with Gasteiger partial charge in [-0.3, -0.25) is 5.10 Å². The number of amidine groups is 1. The van der Waals surface area contributed by atoms with Crippen LogP contribution < -0.4 is 29.7 Å². The molecule has 0 unspecified atom stereocenters. The van der Waals surface area contributed by atoms with Crippen LogP contribution in [0.4, 0.5) is 5.82 Å². The Morgan fingerprint density at radius 1 is 1.31 bits per heavy atom. The second-order valence-electron chi connectivity index (χ2n) is 3.26. The molecule has 2 aromatic rings. The van der Waals surface area contributed by atoms with E-state index in [2.05, 4.69) is 15.2 Å². The normalized spacial score (nSPS) is 10.9. The van der Waals surface area contributed by atoms with Crippen molar-refractivity contribution >= 4 is 11.7 Å². The van der Waals surface area contributed by atoms with Gasteiger partial charge in [0.2, 0.25) is 0 Å². The molecule has 0 fully saturated rings. The lowest BCUT2D eigenvalue weighted by atomic mass is 10.2. The fourth-order valence-electron chi connectivity index (χ4n) is 1.31. The lowest BCUT2D eigenvalue weighted by Crippen LogP contribution is -3.00. The van der Waals surface area contributed by atoms with Crippen molar-refractivity contribution < 1.29 is 24.0 Å². The summed E-state index contributed by atoms with van der Waals surface area (Å²) in [6.07, 6.45) is 0. The van der Waals surface area contributed by atoms with E-state index in [0.29, 0.717) is 11.7 Å². The molecule has 1 heterocycles. The third kappa shape index (κ3) is 3.06. The summed E-state index contributed by atoms with van der Waals surface area (Å²) < 4.78 is 0. The number of H-pyrrole nitrogens is 1. The van der Waals surface area contributed by atoms with E-state index in [1.165, 1.54) is 0 Å². The minimum absolute atomic E-state index is 0. The van der Waals surface area contributed by atoms with Crippen molar-refractivity contribution in [1.29, 1.82) is 0 Å². The quantitative estimate of drug-likeness (QED) is 0.426. The van der Waals surface area contributed by atoms with E-state index >= 15 is 0 Å². The van der Waals surface area contributed by atoms with Gasteiger partial charge in [-0.1, -0.05) is 30.3 Å². The minimum atomic E-state index is 0. The lowest BCUT2D eigenvalue weighted by molar-refractivity contribution is -0.00000343. The number of benzene rings is 1. The molecule has 0 bridgehead atoms. The molecule has 0 aliphatic heterocycles. The smallest absolute Gasteiger partial charge is 0.175 e. The van der Waals surface area contributed by atoms with Gasteiger partial charge in [-0.05, 0) is 12.5 Å². The van der Waals surface area contributed by atoms with E-state index in [4.69, 9.17) is 5.73 Å². The highest BCUT2D eigenvalue weighted by Gasteiger charge is 2.01. The predicted molar refractivity (Wildman–Crippen MR) is 61.0 cm³/mol. The van der Waals surface area contributed by atoms with Crippen LogP contribution in [0.5, 0.6) is 0 Å². The molecule has 0 aliphatic rings. The Labute approximate surface area is 111 Å². The van der Waals surface area contributed by atoms with Crippen LogP contribution in [0, 0.1) is 0 Å². The highest BCUT2D eigenvalue weighted by molar-refractivity contribution is 5.80. The molecule has 84 valence electrons. The first-order valence-corrected chi connectivity index (χ1v) is 4.67. The molecular weight excluding hydrogens is 315 g/mol. The Hall–Kier alpha value is -1.37. The van der Waals surface area contributed by atoms with Crippen LogP contribution in [0.1, 0.15) is 6.92 Å². The predicted octanol–water partition coefficient (Wildman–Crippen LogP) is -0.911. The van der Waals surface area contributed by atoms with Gasteiger partial charge in [0.15, 0.2) is 5.82 Å². The molecule has 0 aliphatic carbocycles. The van der Waals surface area contributed by atoms with Gasteiger partial charge in [-0.15, -0.1) is 0 Å². The van der Waals surface area contributed by atoms with E-state index in [1.807, 2.05) is 36.4 Å². The number of hydrogen-bond donors (Lipinski definition) is 2. The van der Waals surface area contributed by atoms with Crippen molar-refractivity contribution in [1.82, 2.24) is 10.2 Å². The van der Waals surface area contributed by atoms with E-state index in [-0.39, 0.29) is 24.0 Å². The zero-order chi connectivity index (χ0) is 10.7. The molecule has 0 spiro atoms. The van der Waals surface area contributed by atoms with Gasteiger partial charge in [-0.25, -0.2) is 4.99 Å². The molecule has 1 aromatic carbocycles.